The van der Waals surface area contributed by atoms with Crippen LogP contribution in [0.5, 0.6) is 0 Å². The van der Waals surface area contributed by atoms with Gasteiger partial charge in [0.2, 0.25) is 11.8 Å². The molecule has 4 nitrogen and oxygen atoms in total. The van der Waals surface area contributed by atoms with Gasteiger partial charge in [-0.05, 0) is 30.4 Å². The Labute approximate surface area is 132 Å². The highest BCUT2D eigenvalue weighted by molar-refractivity contribution is 8.00. The second kappa shape index (κ2) is 7.03. The van der Waals surface area contributed by atoms with Crippen molar-refractivity contribution in [3.05, 3.63) is 0 Å². The Hall–Kier alpha value is -0.710. The number of nitrogens with one attached hydrogen (secondary N) is 1. The number of carbonyl (C=O) groups excluding carboxylic acids is 2. The van der Waals surface area contributed by atoms with Crippen molar-refractivity contribution in [3.8, 4) is 0 Å². The maximum absolute atomic E-state index is 12.9. The Morgan fingerprint density at radius 2 is 2.05 bits per heavy atom. The van der Waals surface area contributed by atoms with Gasteiger partial charge in [0, 0.05) is 11.8 Å². The number of amides is 2. The quantitative estimate of drug-likeness (QED) is 0.847. The third-order valence-corrected chi connectivity index (χ3v) is 6.10. The third kappa shape index (κ3) is 3.55. The van der Waals surface area contributed by atoms with Gasteiger partial charge in [0.1, 0.15) is 12.1 Å². The van der Waals surface area contributed by atoms with Gasteiger partial charge in [-0.25, -0.2) is 0 Å². The van der Waals surface area contributed by atoms with Gasteiger partial charge >= 0.3 is 0 Å². The normalized spacial score (nSPS) is 31.7. The number of rotatable bonds is 5. The van der Waals surface area contributed by atoms with E-state index < -0.39 is 0 Å². The number of hydrogen-bond acceptors (Lipinski definition) is 3. The van der Waals surface area contributed by atoms with E-state index in [-0.39, 0.29) is 35.7 Å². The molecule has 2 heterocycles. The number of hydrogen-bond donors (Lipinski definition) is 1. The molecule has 120 valence electrons. The molecular formula is C16H28N2O2S. The Kier molecular flexibility index (Phi) is 5.58. The van der Waals surface area contributed by atoms with Gasteiger partial charge in [0.25, 0.3) is 0 Å². The van der Waals surface area contributed by atoms with Gasteiger partial charge in [0.15, 0.2) is 0 Å². The van der Waals surface area contributed by atoms with Crippen molar-refractivity contribution in [2.45, 2.75) is 64.3 Å². The van der Waals surface area contributed by atoms with Crippen molar-refractivity contribution >= 4 is 23.6 Å². The maximum atomic E-state index is 12.9. The van der Waals surface area contributed by atoms with Crippen LogP contribution in [-0.2, 0) is 9.59 Å². The highest BCUT2D eigenvalue weighted by Gasteiger charge is 2.44. The molecule has 2 aliphatic heterocycles. The summed E-state index contributed by atoms with van der Waals surface area (Å²) in [6, 6.07) is -0.650. The molecule has 4 atom stereocenters. The molecule has 0 saturated carbocycles. The van der Waals surface area contributed by atoms with Crippen molar-refractivity contribution in [1.82, 2.24) is 10.2 Å². The predicted octanol–water partition coefficient (Wildman–Crippen LogP) is 2.28. The lowest BCUT2D eigenvalue weighted by Crippen LogP contribution is -2.67. The molecule has 0 aromatic carbocycles. The molecular weight excluding hydrogens is 284 g/mol. The molecule has 5 heteroatoms. The molecule has 2 fully saturated rings. The fourth-order valence-electron chi connectivity index (χ4n) is 3.25. The Bertz CT molecular complexity index is 394. The summed E-state index contributed by atoms with van der Waals surface area (Å²) in [5, 5.41) is 3.46. The smallest absolute Gasteiger partial charge is 0.246 e. The molecule has 2 rings (SSSR count). The molecule has 2 aliphatic rings. The van der Waals surface area contributed by atoms with E-state index >= 15 is 0 Å². The van der Waals surface area contributed by atoms with Crippen LogP contribution in [0.2, 0.25) is 0 Å². The molecule has 2 saturated heterocycles. The van der Waals surface area contributed by atoms with Crippen LogP contribution in [0.3, 0.4) is 0 Å². The fraction of sp³-hybridized carbons (Fsp3) is 0.875. The van der Waals surface area contributed by atoms with Gasteiger partial charge < -0.3 is 10.2 Å². The fourth-order valence-corrected chi connectivity index (χ4v) is 4.52. The van der Waals surface area contributed by atoms with E-state index in [1.807, 2.05) is 37.4 Å². The molecule has 0 spiro atoms. The van der Waals surface area contributed by atoms with Crippen LogP contribution in [0, 0.1) is 11.8 Å². The average molecular weight is 312 g/mol. The van der Waals surface area contributed by atoms with Crippen molar-refractivity contribution in [1.29, 1.82) is 0 Å². The van der Waals surface area contributed by atoms with Crippen molar-refractivity contribution < 1.29 is 9.59 Å². The second-order valence-corrected chi connectivity index (χ2v) is 8.09. The topological polar surface area (TPSA) is 49.4 Å². The Morgan fingerprint density at radius 3 is 2.57 bits per heavy atom. The van der Waals surface area contributed by atoms with Crippen LogP contribution < -0.4 is 5.32 Å². The van der Waals surface area contributed by atoms with Gasteiger partial charge in [-0.1, -0.05) is 34.1 Å². The largest absolute Gasteiger partial charge is 0.342 e. The van der Waals surface area contributed by atoms with Crippen LogP contribution in [-0.4, -0.2) is 46.3 Å². The summed E-state index contributed by atoms with van der Waals surface area (Å²) in [7, 11) is 0. The van der Waals surface area contributed by atoms with Crippen LogP contribution in [0.25, 0.3) is 0 Å². The summed E-state index contributed by atoms with van der Waals surface area (Å²) in [5.41, 5.74) is 0. The summed E-state index contributed by atoms with van der Waals surface area (Å²) in [4.78, 5) is 27.2. The van der Waals surface area contributed by atoms with Crippen molar-refractivity contribution in [3.63, 3.8) is 0 Å². The van der Waals surface area contributed by atoms with Gasteiger partial charge in [-0.3, -0.25) is 9.59 Å². The summed E-state index contributed by atoms with van der Waals surface area (Å²) in [6.07, 6.45) is 3.29. The molecule has 0 aromatic rings. The lowest BCUT2D eigenvalue weighted by molar-refractivity contribution is -0.152. The molecule has 0 aliphatic carbocycles. The highest BCUT2D eigenvalue weighted by Crippen LogP contribution is 2.30. The molecule has 0 radical (unpaired) electrons. The molecule has 4 unspecified atom stereocenters. The summed E-state index contributed by atoms with van der Waals surface area (Å²) < 4.78 is 0. The zero-order chi connectivity index (χ0) is 15.6. The number of carbonyl (C=O) groups is 2. The first kappa shape index (κ1) is 16.7. The summed E-state index contributed by atoms with van der Waals surface area (Å²) >= 11 is 1.94. The van der Waals surface area contributed by atoms with Crippen LogP contribution in [0.15, 0.2) is 0 Å². The molecule has 1 N–H and O–H groups in total. The van der Waals surface area contributed by atoms with Crippen molar-refractivity contribution in [2.24, 2.45) is 11.8 Å². The van der Waals surface area contributed by atoms with E-state index in [0.717, 1.165) is 19.4 Å². The van der Waals surface area contributed by atoms with Gasteiger partial charge in [-0.15, -0.1) is 0 Å². The molecule has 0 aromatic heterocycles. The predicted molar refractivity (Wildman–Crippen MR) is 87.2 cm³/mol. The number of piperazine rings is 1. The SMILES string of the molecule is CCC(C)C1NC(=O)C(C(C)C)N(CC2CCCS2)C1=O. The second-order valence-electron chi connectivity index (χ2n) is 6.69. The van der Waals surface area contributed by atoms with E-state index in [2.05, 4.69) is 12.2 Å². The lowest BCUT2D eigenvalue weighted by Gasteiger charge is -2.43. The number of nitrogens with zero attached hydrogens (tertiary/aromatic N) is 1. The van der Waals surface area contributed by atoms with Crippen LogP contribution in [0.1, 0.15) is 47.0 Å². The minimum atomic E-state index is -0.344. The van der Waals surface area contributed by atoms with Crippen LogP contribution >= 0.6 is 11.8 Å². The zero-order valence-corrected chi connectivity index (χ0v) is 14.4. The van der Waals surface area contributed by atoms with Gasteiger partial charge in [0.05, 0.1) is 0 Å². The summed E-state index contributed by atoms with van der Waals surface area (Å²) in [5.74, 6) is 1.67. The monoisotopic (exact) mass is 312 g/mol. The zero-order valence-electron chi connectivity index (χ0n) is 13.6. The maximum Gasteiger partial charge on any atom is 0.246 e. The van der Waals surface area contributed by atoms with Crippen molar-refractivity contribution in [2.75, 3.05) is 12.3 Å². The molecule has 0 bridgehead atoms. The first-order chi connectivity index (χ1) is 9.95. The highest BCUT2D eigenvalue weighted by atomic mass is 32.2. The van der Waals surface area contributed by atoms with E-state index in [4.69, 9.17) is 0 Å². The standard InChI is InChI=1S/C16H28N2O2S/c1-5-11(4)13-16(20)18(9-12-7-6-8-21-12)14(10(2)3)15(19)17-13/h10-14H,5-9H2,1-4H3,(H,17,19). The third-order valence-electron chi connectivity index (χ3n) is 4.72. The lowest BCUT2D eigenvalue weighted by atomic mass is 9.90. The minimum Gasteiger partial charge on any atom is -0.342 e. The van der Waals surface area contributed by atoms with Gasteiger partial charge in [-0.2, -0.15) is 11.8 Å². The molecule has 2 amide bonds. The average Bonchev–Trinajstić information content (AvgIpc) is 2.94. The Morgan fingerprint density at radius 1 is 1.33 bits per heavy atom. The number of thioether (sulfide) groups is 1. The van der Waals surface area contributed by atoms with E-state index in [0.29, 0.717) is 5.25 Å². The van der Waals surface area contributed by atoms with Crippen LogP contribution in [0.4, 0.5) is 0 Å². The van der Waals surface area contributed by atoms with E-state index in [1.54, 1.807) is 0 Å². The Balaban J connectivity index is 2.19. The molecule has 21 heavy (non-hydrogen) atoms. The summed E-state index contributed by atoms with van der Waals surface area (Å²) in [6.45, 7) is 8.88. The minimum absolute atomic E-state index is 0.0258. The van der Waals surface area contributed by atoms with E-state index in [1.165, 1.54) is 12.2 Å². The first-order valence-corrected chi connectivity index (χ1v) is 9.23. The van der Waals surface area contributed by atoms with E-state index in [9.17, 15) is 9.59 Å². The first-order valence-electron chi connectivity index (χ1n) is 8.18.